The Balaban J connectivity index is 2.31. The molecule has 0 fully saturated rings. The van der Waals surface area contributed by atoms with Crippen molar-refractivity contribution in [3.63, 3.8) is 0 Å². The molecule has 0 aromatic heterocycles. The third-order valence-electron chi connectivity index (χ3n) is 2.84. The molecule has 1 aliphatic rings. The first-order valence-electron chi connectivity index (χ1n) is 5.35. The van der Waals surface area contributed by atoms with Crippen LogP contribution in [0.1, 0.15) is 30.9 Å². The largest absolute Gasteiger partial charge is 0.0843 e. The van der Waals surface area contributed by atoms with Crippen LogP contribution in [0.2, 0.25) is 10.0 Å². The van der Waals surface area contributed by atoms with E-state index in [2.05, 4.69) is 13.0 Å². The molecule has 15 heavy (non-hydrogen) atoms. The number of rotatable bonds is 2. The molecule has 1 aromatic rings. The predicted octanol–water partition coefficient (Wildman–Crippen LogP) is 4.82. The van der Waals surface area contributed by atoms with Gasteiger partial charge in [-0.05, 0) is 42.5 Å². The van der Waals surface area contributed by atoms with Crippen molar-refractivity contribution in [1.82, 2.24) is 0 Å². The lowest BCUT2D eigenvalue weighted by Crippen LogP contribution is -2.03. The van der Waals surface area contributed by atoms with E-state index in [1.54, 1.807) is 0 Å². The van der Waals surface area contributed by atoms with Gasteiger partial charge in [0.1, 0.15) is 0 Å². The first-order valence-corrected chi connectivity index (χ1v) is 6.11. The van der Waals surface area contributed by atoms with Gasteiger partial charge in [0.2, 0.25) is 0 Å². The van der Waals surface area contributed by atoms with Crippen LogP contribution in [0.15, 0.2) is 23.8 Å². The van der Waals surface area contributed by atoms with Crippen molar-refractivity contribution in [2.75, 3.05) is 0 Å². The molecule has 0 unspecified atom stereocenters. The Hall–Kier alpha value is -0.460. The molecule has 0 heterocycles. The van der Waals surface area contributed by atoms with Crippen molar-refractivity contribution < 1.29 is 0 Å². The molecule has 0 bridgehead atoms. The highest BCUT2D eigenvalue weighted by Crippen LogP contribution is 2.31. The van der Waals surface area contributed by atoms with Gasteiger partial charge in [0.05, 0.1) is 0 Å². The molecule has 1 aromatic carbocycles. The Morgan fingerprint density at radius 3 is 2.80 bits per heavy atom. The topological polar surface area (TPSA) is 0 Å². The maximum Gasteiger partial charge on any atom is 0.0458 e. The second-order valence-electron chi connectivity index (χ2n) is 4.02. The molecule has 1 aliphatic carbocycles. The fourth-order valence-corrected chi connectivity index (χ4v) is 2.73. The van der Waals surface area contributed by atoms with E-state index in [9.17, 15) is 0 Å². The van der Waals surface area contributed by atoms with Crippen LogP contribution < -0.4 is 0 Å². The van der Waals surface area contributed by atoms with E-state index in [1.807, 2.05) is 12.1 Å². The summed E-state index contributed by atoms with van der Waals surface area (Å²) in [6, 6.07) is 3.88. The van der Waals surface area contributed by atoms with Crippen molar-refractivity contribution in [3.05, 3.63) is 45.0 Å². The van der Waals surface area contributed by atoms with E-state index in [-0.39, 0.29) is 0 Å². The van der Waals surface area contributed by atoms with Crippen molar-refractivity contribution in [2.24, 2.45) is 0 Å². The number of hydrogen-bond donors (Lipinski definition) is 0. The van der Waals surface area contributed by atoms with Crippen LogP contribution in [0, 0.1) is 0 Å². The average molecular weight is 241 g/mol. The monoisotopic (exact) mass is 240 g/mol. The number of benzene rings is 1. The molecule has 0 atom stereocenters. The van der Waals surface area contributed by atoms with Gasteiger partial charge in [0, 0.05) is 10.0 Å². The quantitative estimate of drug-likeness (QED) is 0.651. The Labute approximate surface area is 101 Å². The molecule has 80 valence electrons. The van der Waals surface area contributed by atoms with Gasteiger partial charge in [-0.1, -0.05) is 48.2 Å². The van der Waals surface area contributed by atoms with Gasteiger partial charge in [0.25, 0.3) is 0 Å². The van der Waals surface area contributed by atoms with Crippen LogP contribution in [0.5, 0.6) is 0 Å². The summed E-state index contributed by atoms with van der Waals surface area (Å²) >= 11 is 12.2. The molecule has 0 aliphatic heterocycles. The SMILES string of the molecule is CCCC1=CCc2c(Cl)cc(Cl)cc2C1. The minimum atomic E-state index is 0.747. The molecular formula is C13H14Cl2. The number of halogens is 2. The lowest BCUT2D eigenvalue weighted by molar-refractivity contribution is 0.844. The van der Waals surface area contributed by atoms with E-state index in [4.69, 9.17) is 23.2 Å². The molecule has 0 saturated carbocycles. The highest BCUT2D eigenvalue weighted by molar-refractivity contribution is 6.35. The van der Waals surface area contributed by atoms with Crippen molar-refractivity contribution in [3.8, 4) is 0 Å². The summed E-state index contributed by atoms with van der Waals surface area (Å²) in [6.45, 7) is 2.21. The lowest BCUT2D eigenvalue weighted by Gasteiger charge is -2.18. The molecule has 2 rings (SSSR count). The second-order valence-corrected chi connectivity index (χ2v) is 4.86. The highest BCUT2D eigenvalue weighted by Gasteiger charge is 2.14. The van der Waals surface area contributed by atoms with Gasteiger partial charge >= 0.3 is 0 Å². The lowest BCUT2D eigenvalue weighted by atomic mass is 9.90. The first-order chi connectivity index (χ1) is 7.20. The van der Waals surface area contributed by atoms with E-state index >= 15 is 0 Å². The summed E-state index contributed by atoms with van der Waals surface area (Å²) in [5.41, 5.74) is 4.07. The standard InChI is InChI=1S/C13H14Cl2/c1-2-3-9-4-5-12-10(6-9)7-11(14)8-13(12)15/h4,7-8H,2-3,5-6H2,1H3. The average Bonchev–Trinajstić information content (AvgIpc) is 2.17. The summed E-state index contributed by atoms with van der Waals surface area (Å²) in [7, 11) is 0. The summed E-state index contributed by atoms with van der Waals surface area (Å²) in [6.07, 6.45) is 6.68. The Morgan fingerprint density at radius 2 is 2.07 bits per heavy atom. The highest BCUT2D eigenvalue weighted by atomic mass is 35.5. The smallest absolute Gasteiger partial charge is 0.0458 e. The Morgan fingerprint density at radius 1 is 1.27 bits per heavy atom. The summed E-state index contributed by atoms with van der Waals surface area (Å²) < 4.78 is 0. The van der Waals surface area contributed by atoms with Gasteiger partial charge in [-0.3, -0.25) is 0 Å². The summed E-state index contributed by atoms with van der Waals surface area (Å²) in [5, 5.41) is 1.56. The molecule has 0 amide bonds. The zero-order valence-corrected chi connectivity index (χ0v) is 10.3. The Bertz CT molecular complexity index is 405. The number of hydrogen-bond acceptors (Lipinski definition) is 0. The van der Waals surface area contributed by atoms with Crippen LogP contribution in [0.4, 0.5) is 0 Å². The van der Waals surface area contributed by atoms with E-state index in [0.717, 1.165) is 22.9 Å². The Kier molecular flexibility index (Phi) is 3.38. The molecule has 0 radical (unpaired) electrons. The molecule has 0 N–H and O–H groups in total. The van der Waals surface area contributed by atoms with E-state index in [0.29, 0.717) is 0 Å². The van der Waals surface area contributed by atoms with Gasteiger partial charge in [-0.15, -0.1) is 0 Å². The van der Waals surface area contributed by atoms with Crippen LogP contribution in [-0.2, 0) is 12.8 Å². The molecule has 0 spiro atoms. The first kappa shape index (κ1) is 11.0. The maximum absolute atomic E-state index is 6.16. The van der Waals surface area contributed by atoms with Crippen molar-refractivity contribution in [1.29, 1.82) is 0 Å². The van der Waals surface area contributed by atoms with Crippen LogP contribution in [0.3, 0.4) is 0 Å². The van der Waals surface area contributed by atoms with Gasteiger partial charge in [-0.2, -0.15) is 0 Å². The van der Waals surface area contributed by atoms with Crippen molar-refractivity contribution in [2.45, 2.75) is 32.6 Å². The van der Waals surface area contributed by atoms with Crippen molar-refractivity contribution >= 4 is 23.2 Å². The minimum absolute atomic E-state index is 0.747. The van der Waals surface area contributed by atoms with E-state index in [1.165, 1.54) is 29.5 Å². The third kappa shape index (κ3) is 2.38. The number of allylic oxidation sites excluding steroid dienone is 2. The second kappa shape index (κ2) is 4.59. The van der Waals surface area contributed by atoms with E-state index < -0.39 is 0 Å². The number of fused-ring (bicyclic) bond motifs is 1. The maximum atomic E-state index is 6.16. The summed E-state index contributed by atoms with van der Waals surface area (Å²) in [4.78, 5) is 0. The predicted molar refractivity (Wildman–Crippen MR) is 66.9 cm³/mol. The van der Waals surface area contributed by atoms with Gasteiger partial charge in [-0.25, -0.2) is 0 Å². The van der Waals surface area contributed by atoms with Crippen LogP contribution in [-0.4, -0.2) is 0 Å². The molecule has 0 saturated heterocycles. The normalized spacial score (nSPS) is 14.7. The van der Waals surface area contributed by atoms with Gasteiger partial charge < -0.3 is 0 Å². The fraction of sp³-hybridized carbons (Fsp3) is 0.385. The third-order valence-corrected chi connectivity index (χ3v) is 3.39. The summed E-state index contributed by atoms with van der Waals surface area (Å²) in [5.74, 6) is 0. The van der Waals surface area contributed by atoms with Crippen LogP contribution in [0.25, 0.3) is 0 Å². The zero-order chi connectivity index (χ0) is 10.8. The molecule has 0 nitrogen and oxygen atoms in total. The zero-order valence-electron chi connectivity index (χ0n) is 8.82. The minimum Gasteiger partial charge on any atom is -0.0843 e. The fourth-order valence-electron chi connectivity index (χ4n) is 2.12. The van der Waals surface area contributed by atoms with Crippen LogP contribution >= 0.6 is 23.2 Å². The molecular weight excluding hydrogens is 227 g/mol. The molecule has 2 heteroatoms. The van der Waals surface area contributed by atoms with Gasteiger partial charge in [0.15, 0.2) is 0 Å².